The van der Waals surface area contributed by atoms with Crippen molar-refractivity contribution in [2.24, 2.45) is 5.73 Å². The minimum absolute atomic E-state index is 0.496. The number of hydrogen-bond donors (Lipinski definition) is 3. The molecule has 34 heavy (non-hydrogen) atoms. The van der Waals surface area contributed by atoms with E-state index in [4.69, 9.17) is 20.9 Å². The van der Waals surface area contributed by atoms with E-state index in [9.17, 15) is 0 Å². The molecule has 1 fully saturated rings. The highest BCUT2D eigenvalue weighted by Crippen LogP contribution is 2.25. The molecule has 0 spiro atoms. The molecule has 0 amide bonds. The van der Waals surface area contributed by atoms with E-state index in [0.717, 1.165) is 37.6 Å². The lowest BCUT2D eigenvalue weighted by Crippen LogP contribution is -2.36. The maximum absolute atomic E-state index is 7.41. The number of hydrogen-bond acceptors (Lipinski definition) is 7. The van der Waals surface area contributed by atoms with Crippen molar-refractivity contribution < 1.29 is 4.74 Å². The number of benzene rings is 1. The molecule has 1 aliphatic rings. The molecule has 1 aromatic carbocycles. The van der Waals surface area contributed by atoms with Crippen LogP contribution >= 0.6 is 0 Å². The summed E-state index contributed by atoms with van der Waals surface area (Å²) in [5.74, 6) is 0.630. The fraction of sp³-hybridized carbons (Fsp3) is 0.269. The van der Waals surface area contributed by atoms with Gasteiger partial charge in [-0.05, 0) is 42.8 Å². The Morgan fingerprint density at radius 3 is 2.56 bits per heavy atom. The van der Waals surface area contributed by atoms with Crippen LogP contribution < -0.4 is 16.0 Å². The van der Waals surface area contributed by atoms with Crippen LogP contribution in [0.4, 0.5) is 17.2 Å². The molecule has 0 radical (unpaired) electrons. The first kappa shape index (κ1) is 24.7. The van der Waals surface area contributed by atoms with Crippen LogP contribution in [0.15, 0.2) is 72.9 Å². The Bertz CT molecular complexity index is 1190. The molecule has 3 aromatic rings. The molecule has 0 aliphatic carbocycles. The third-order valence-corrected chi connectivity index (χ3v) is 5.38. The molecule has 4 N–H and O–H groups in total. The molecule has 1 saturated heterocycles. The van der Waals surface area contributed by atoms with Gasteiger partial charge < -0.3 is 30.5 Å². The van der Waals surface area contributed by atoms with Crippen molar-refractivity contribution in [2.45, 2.75) is 20.8 Å². The topological polar surface area (TPSA) is 105 Å². The Hall–Kier alpha value is -3.91. The van der Waals surface area contributed by atoms with Gasteiger partial charge in [0.05, 0.1) is 18.9 Å². The Morgan fingerprint density at radius 1 is 1.21 bits per heavy atom. The van der Waals surface area contributed by atoms with Crippen molar-refractivity contribution in [3.05, 3.63) is 78.6 Å². The van der Waals surface area contributed by atoms with Crippen LogP contribution in [-0.2, 0) is 4.74 Å². The Kier molecular flexibility index (Phi) is 8.59. The van der Waals surface area contributed by atoms with Crippen molar-refractivity contribution >= 4 is 34.6 Å². The molecule has 0 saturated carbocycles. The second-order valence-corrected chi connectivity index (χ2v) is 7.49. The minimum atomic E-state index is 0.496. The number of imidazole rings is 1. The number of ether oxygens (including phenoxy) is 1. The first-order valence-electron chi connectivity index (χ1n) is 11.4. The molecule has 1 aliphatic heterocycles. The van der Waals surface area contributed by atoms with E-state index in [-0.39, 0.29) is 0 Å². The average molecular weight is 460 g/mol. The zero-order valence-electron chi connectivity index (χ0n) is 20.1. The van der Waals surface area contributed by atoms with Crippen molar-refractivity contribution in [3.63, 3.8) is 0 Å². The predicted octanol–water partition coefficient (Wildman–Crippen LogP) is 4.79. The zero-order valence-corrected chi connectivity index (χ0v) is 20.1. The monoisotopic (exact) mass is 459 g/mol. The number of fused-ring (bicyclic) bond motifs is 1. The van der Waals surface area contributed by atoms with Gasteiger partial charge in [0.15, 0.2) is 11.5 Å². The minimum Gasteiger partial charge on any atom is -0.398 e. The number of nitrogens with one attached hydrogen (secondary N) is 2. The second-order valence-electron chi connectivity index (χ2n) is 7.49. The number of nitrogens with two attached hydrogens (primary N) is 1. The van der Waals surface area contributed by atoms with E-state index >= 15 is 0 Å². The standard InChI is InChI=1S/C24H27N7O.C2H6/c1-3-18(14-21(26)17(2)15-25)22-16-31-9-8-27-24(31)23(29-22)28-19-4-6-20(7-5-19)30-10-12-32-13-11-30;1-2/h3-9,14-16,25H,1,10-13,26H2,2H3,(H,28,29);1-2H3/b18-14+,21-17-,25-15?;. The fourth-order valence-corrected chi connectivity index (χ4v) is 3.47. The first-order valence-corrected chi connectivity index (χ1v) is 11.4. The van der Waals surface area contributed by atoms with Crippen molar-refractivity contribution in [1.82, 2.24) is 14.4 Å². The van der Waals surface area contributed by atoms with Gasteiger partial charge in [-0.25, -0.2) is 9.97 Å². The highest BCUT2D eigenvalue weighted by atomic mass is 16.5. The zero-order chi connectivity index (χ0) is 24.5. The maximum Gasteiger partial charge on any atom is 0.180 e. The molecule has 2 aromatic heterocycles. The van der Waals surface area contributed by atoms with Crippen LogP contribution in [-0.4, -0.2) is 46.9 Å². The molecular weight excluding hydrogens is 426 g/mol. The molecule has 0 atom stereocenters. The first-order chi connectivity index (χ1) is 16.6. The van der Waals surface area contributed by atoms with Gasteiger partial charge >= 0.3 is 0 Å². The van der Waals surface area contributed by atoms with Gasteiger partial charge in [0.1, 0.15) is 0 Å². The normalized spacial score (nSPS) is 14.7. The van der Waals surface area contributed by atoms with E-state index in [1.165, 1.54) is 11.9 Å². The summed E-state index contributed by atoms with van der Waals surface area (Å²) in [5, 5.41) is 10.8. The van der Waals surface area contributed by atoms with E-state index in [0.29, 0.717) is 28.4 Å². The second kappa shape index (κ2) is 11.8. The van der Waals surface area contributed by atoms with E-state index in [1.807, 2.05) is 42.8 Å². The highest BCUT2D eigenvalue weighted by Gasteiger charge is 2.13. The smallest absolute Gasteiger partial charge is 0.180 e. The largest absolute Gasteiger partial charge is 0.398 e. The molecule has 8 nitrogen and oxygen atoms in total. The van der Waals surface area contributed by atoms with Gasteiger partial charge in [0, 0.05) is 60.5 Å². The number of rotatable bonds is 7. The summed E-state index contributed by atoms with van der Waals surface area (Å²) < 4.78 is 7.35. The summed E-state index contributed by atoms with van der Waals surface area (Å²) in [6.45, 7) is 13.0. The Morgan fingerprint density at radius 2 is 1.91 bits per heavy atom. The number of allylic oxidation sites excluding steroid dienone is 4. The van der Waals surface area contributed by atoms with Gasteiger partial charge in [-0.1, -0.05) is 26.5 Å². The lowest BCUT2D eigenvalue weighted by atomic mass is 10.1. The number of aromatic nitrogens is 3. The lowest BCUT2D eigenvalue weighted by Gasteiger charge is -2.28. The van der Waals surface area contributed by atoms with Crippen LogP contribution in [0.5, 0.6) is 0 Å². The van der Waals surface area contributed by atoms with Gasteiger partial charge in [-0.3, -0.25) is 0 Å². The molecule has 178 valence electrons. The molecule has 4 rings (SSSR count). The Labute approximate surface area is 201 Å². The molecule has 3 heterocycles. The highest BCUT2D eigenvalue weighted by molar-refractivity contribution is 5.81. The van der Waals surface area contributed by atoms with Gasteiger partial charge in [0.25, 0.3) is 0 Å². The van der Waals surface area contributed by atoms with Crippen LogP contribution in [0.2, 0.25) is 0 Å². The molecular formula is C26H33N7O. The van der Waals surface area contributed by atoms with E-state index in [2.05, 4.69) is 33.9 Å². The van der Waals surface area contributed by atoms with Crippen LogP contribution in [0.25, 0.3) is 11.2 Å². The lowest BCUT2D eigenvalue weighted by molar-refractivity contribution is 0.122. The van der Waals surface area contributed by atoms with Crippen LogP contribution in [0, 0.1) is 5.41 Å². The van der Waals surface area contributed by atoms with Crippen molar-refractivity contribution in [1.29, 1.82) is 5.41 Å². The summed E-state index contributed by atoms with van der Waals surface area (Å²) in [5.41, 5.74) is 11.5. The SMILES string of the molecule is C=C/C(=C\C(N)=C(/C)C=N)c1cn2ccnc2c(Nc2ccc(N3CCOCC3)cc2)n1.CC. The molecule has 0 unspecified atom stereocenters. The van der Waals surface area contributed by atoms with Crippen molar-refractivity contribution in [3.8, 4) is 0 Å². The summed E-state index contributed by atoms with van der Waals surface area (Å²) in [7, 11) is 0. The molecule has 0 bridgehead atoms. The van der Waals surface area contributed by atoms with Crippen molar-refractivity contribution in [2.75, 3.05) is 36.5 Å². The quantitative estimate of drug-likeness (QED) is 0.347. The predicted molar refractivity (Wildman–Crippen MR) is 141 cm³/mol. The van der Waals surface area contributed by atoms with Gasteiger partial charge in [-0.2, -0.15) is 0 Å². The Balaban J connectivity index is 0.00000158. The third kappa shape index (κ3) is 5.71. The molecule has 8 heteroatoms. The number of nitrogens with zero attached hydrogens (tertiary/aromatic N) is 4. The number of anilines is 3. The van der Waals surface area contributed by atoms with Crippen LogP contribution in [0.1, 0.15) is 26.5 Å². The van der Waals surface area contributed by atoms with Gasteiger partial charge in [-0.15, -0.1) is 0 Å². The summed E-state index contributed by atoms with van der Waals surface area (Å²) in [6.07, 6.45) is 10.2. The number of morpholine rings is 1. The van der Waals surface area contributed by atoms with E-state index < -0.39 is 0 Å². The van der Waals surface area contributed by atoms with E-state index in [1.54, 1.807) is 25.3 Å². The fourth-order valence-electron chi connectivity index (χ4n) is 3.47. The maximum atomic E-state index is 7.41. The third-order valence-electron chi connectivity index (χ3n) is 5.38. The summed E-state index contributed by atoms with van der Waals surface area (Å²) in [6, 6.07) is 8.27. The summed E-state index contributed by atoms with van der Waals surface area (Å²) in [4.78, 5) is 11.5. The van der Waals surface area contributed by atoms with Gasteiger partial charge in [0.2, 0.25) is 0 Å². The summed E-state index contributed by atoms with van der Waals surface area (Å²) >= 11 is 0. The average Bonchev–Trinajstić information content (AvgIpc) is 3.38. The van der Waals surface area contributed by atoms with Crippen LogP contribution in [0.3, 0.4) is 0 Å².